The van der Waals surface area contributed by atoms with Gasteiger partial charge >= 0.3 is 6.18 Å². The summed E-state index contributed by atoms with van der Waals surface area (Å²) in [5.41, 5.74) is 2.03. The summed E-state index contributed by atoms with van der Waals surface area (Å²) in [5.74, 6) is -1.03. The zero-order valence-corrected chi connectivity index (χ0v) is 22.6. The summed E-state index contributed by atoms with van der Waals surface area (Å²) in [7, 11) is -3.32. The Morgan fingerprint density at radius 3 is 2.70 bits per heavy atom. The summed E-state index contributed by atoms with van der Waals surface area (Å²) in [4.78, 5) is 30.7. The average Bonchev–Trinajstić information content (AvgIpc) is 3.26. The fourth-order valence-corrected chi connectivity index (χ4v) is 4.73. The van der Waals surface area contributed by atoms with Crippen LogP contribution in [-0.2, 0) is 22.7 Å². The van der Waals surface area contributed by atoms with Crippen LogP contribution in [0.5, 0.6) is 5.75 Å². The molecule has 0 spiro atoms. The zero-order chi connectivity index (χ0) is 29.1. The minimum absolute atomic E-state index is 0.0506. The number of nitrogens with one attached hydrogen (secondary N) is 2. The highest BCUT2D eigenvalue weighted by atomic mass is 32.2. The fraction of sp³-hybridized carbons (Fsp3) is 0.385. The molecule has 40 heavy (non-hydrogen) atoms. The van der Waals surface area contributed by atoms with Crippen LogP contribution in [0.15, 0.2) is 42.6 Å². The number of hydrogen-bond acceptors (Lipinski definition) is 7. The number of rotatable bonds is 10. The molecular weight excluding hydrogens is 551 g/mol. The first-order chi connectivity index (χ1) is 18.8. The van der Waals surface area contributed by atoms with Crippen LogP contribution in [0.4, 0.5) is 13.2 Å². The van der Waals surface area contributed by atoms with E-state index < -0.39 is 34.4 Å². The Hall–Kier alpha value is -3.94. The lowest BCUT2D eigenvalue weighted by Gasteiger charge is -2.23. The van der Waals surface area contributed by atoms with Gasteiger partial charge in [-0.05, 0) is 49.1 Å². The number of hydrogen-bond donors (Lipinski definition) is 2. The van der Waals surface area contributed by atoms with Crippen molar-refractivity contribution in [2.24, 2.45) is 0 Å². The van der Waals surface area contributed by atoms with Crippen molar-refractivity contribution in [3.8, 4) is 11.6 Å². The lowest BCUT2D eigenvalue weighted by Crippen LogP contribution is -2.42. The number of sulfone groups is 1. The molecule has 0 saturated carbocycles. The van der Waals surface area contributed by atoms with E-state index in [1.807, 2.05) is 6.92 Å². The second-order valence-corrected chi connectivity index (χ2v) is 11.9. The van der Waals surface area contributed by atoms with Crippen LogP contribution in [0.2, 0.25) is 0 Å². The maximum absolute atomic E-state index is 13.2. The molecule has 14 heteroatoms. The summed E-state index contributed by atoms with van der Waals surface area (Å²) < 4.78 is 66.5. The lowest BCUT2D eigenvalue weighted by atomic mass is 9.95. The van der Waals surface area contributed by atoms with E-state index in [1.165, 1.54) is 16.8 Å². The molecule has 0 radical (unpaired) electrons. The third kappa shape index (κ3) is 7.58. The maximum atomic E-state index is 13.2. The normalized spacial score (nSPS) is 15.3. The van der Waals surface area contributed by atoms with Gasteiger partial charge < -0.3 is 15.4 Å². The van der Waals surface area contributed by atoms with E-state index in [2.05, 4.69) is 20.7 Å². The van der Waals surface area contributed by atoms with Crippen molar-refractivity contribution < 1.29 is 35.9 Å². The number of pyridine rings is 1. The highest BCUT2D eigenvalue weighted by molar-refractivity contribution is 7.90. The number of aromatic nitrogens is 3. The number of amides is 2. The van der Waals surface area contributed by atoms with E-state index in [1.54, 1.807) is 30.5 Å². The van der Waals surface area contributed by atoms with Crippen molar-refractivity contribution in [3.05, 3.63) is 70.7 Å². The van der Waals surface area contributed by atoms with Crippen LogP contribution < -0.4 is 15.4 Å². The van der Waals surface area contributed by atoms with Gasteiger partial charge in [-0.3, -0.25) is 9.59 Å². The molecule has 2 N–H and O–H groups in total. The van der Waals surface area contributed by atoms with Crippen LogP contribution in [0.3, 0.4) is 0 Å². The van der Waals surface area contributed by atoms with Crippen LogP contribution in [0.1, 0.15) is 44.1 Å². The monoisotopic (exact) mass is 579 g/mol. The zero-order valence-electron chi connectivity index (χ0n) is 21.8. The highest BCUT2D eigenvalue weighted by Gasteiger charge is 2.35. The van der Waals surface area contributed by atoms with Gasteiger partial charge in [-0.1, -0.05) is 18.2 Å². The van der Waals surface area contributed by atoms with Crippen molar-refractivity contribution in [1.82, 2.24) is 25.4 Å². The molecule has 0 unspecified atom stereocenters. The molecule has 0 bridgehead atoms. The number of ether oxygens (including phenoxy) is 1. The van der Waals surface area contributed by atoms with E-state index in [-0.39, 0.29) is 35.3 Å². The predicted octanol–water partition coefficient (Wildman–Crippen LogP) is 2.58. The number of carbonyl (C=O) groups excluding carboxylic acids is 2. The summed E-state index contributed by atoms with van der Waals surface area (Å²) in [6, 6.07) is 9.41. The Morgan fingerprint density at radius 1 is 1.25 bits per heavy atom. The Bertz CT molecular complexity index is 1500. The van der Waals surface area contributed by atoms with Crippen molar-refractivity contribution in [3.63, 3.8) is 0 Å². The molecule has 1 aliphatic rings. The second kappa shape index (κ2) is 11.7. The molecule has 3 heterocycles. The topological polar surface area (TPSA) is 132 Å². The molecule has 0 fully saturated rings. The fourth-order valence-electron chi connectivity index (χ4n) is 4.25. The smallest absolute Gasteiger partial charge is 0.422 e. The Balaban J connectivity index is 1.53. The van der Waals surface area contributed by atoms with Crippen molar-refractivity contribution in [2.45, 2.75) is 38.4 Å². The van der Waals surface area contributed by atoms with Crippen LogP contribution >= 0.6 is 0 Å². The quantitative estimate of drug-likeness (QED) is 0.377. The molecule has 1 atom stereocenters. The number of alkyl halides is 3. The van der Waals surface area contributed by atoms with Crippen molar-refractivity contribution in [2.75, 3.05) is 25.2 Å². The van der Waals surface area contributed by atoms with Gasteiger partial charge in [0.1, 0.15) is 21.3 Å². The number of fused-ring (bicyclic) bond motifs is 1. The van der Waals surface area contributed by atoms with Gasteiger partial charge in [-0.25, -0.2) is 18.1 Å². The van der Waals surface area contributed by atoms with Crippen molar-refractivity contribution in [1.29, 1.82) is 0 Å². The van der Waals surface area contributed by atoms with Gasteiger partial charge in [-0.2, -0.15) is 18.3 Å². The van der Waals surface area contributed by atoms with Gasteiger partial charge in [0, 0.05) is 31.5 Å². The molecule has 0 aliphatic carbocycles. The SMILES string of the molecule is Cc1ccc(-n2nc3c(c2C(=O)NCCS(C)(=O)=O)C(=O)N[C@@H](CCc2cccc(OCC(F)(F)F)c2)C3)nc1. The molecule has 214 valence electrons. The Kier molecular flexibility index (Phi) is 8.47. The number of nitrogens with zero attached hydrogens (tertiary/aromatic N) is 3. The first-order valence-electron chi connectivity index (χ1n) is 12.4. The Morgan fingerprint density at radius 2 is 2.02 bits per heavy atom. The minimum atomic E-state index is -4.44. The van der Waals surface area contributed by atoms with E-state index in [0.717, 1.165) is 17.4 Å². The van der Waals surface area contributed by atoms with Crippen molar-refractivity contribution >= 4 is 21.7 Å². The lowest BCUT2D eigenvalue weighted by molar-refractivity contribution is -0.153. The number of benzene rings is 1. The molecule has 10 nitrogen and oxygen atoms in total. The van der Waals surface area contributed by atoms with Gasteiger partial charge in [0.25, 0.3) is 11.8 Å². The van der Waals surface area contributed by atoms with Gasteiger partial charge in [0.05, 0.1) is 17.0 Å². The Labute approximate surface area is 228 Å². The summed E-state index contributed by atoms with van der Waals surface area (Å²) >= 11 is 0. The second-order valence-electron chi connectivity index (χ2n) is 9.63. The minimum Gasteiger partial charge on any atom is -0.484 e. The maximum Gasteiger partial charge on any atom is 0.422 e. The van der Waals surface area contributed by atoms with E-state index in [4.69, 9.17) is 4.74 Å². The standard InChI is InChI=1S/C26H28F3N5O5S/c1-16-6-9-21(31-14-16)34-23(25(36)30-10-11-40(2,37)38)22-20(33-34)13-18(32-24(22)35)8-7-17-4-3-5-19(12-17)39-15-26(27,28)29/h3-6,9,12,14,18H,7-8,10-11,13,15H2,1-2H3,(H,30,36)(H,32,35)/t18-/m0/s1. The molecule has 4 rings (SSSR count). The van der Waals surface area contributed by atoms with E-state index in [0.29, 0.717) is 30.8 Å². The predicted molar refractivity (Wildman–Crippen MR) is 139 cm³/mol. The molecular formula is C26H28F3N5O5S. The molecule has 0 saturated heterocycles. The molecule has 1 aliphatic heterocycles. The van der Waals surface area contributed by atoms with Crippen LogP contribution in [0.25, 0.3) is 5.82 Å². The summed E-state index contributed by atoms with van der Waals surface area (Å²) in [5, 5.41) is 9.96. The largest absolute Gasteiger partial charge is 0.484 e. The third-order valence-electron chi connectivity index (χ3n) is 6.13. The molecule has 1 aromatic carbocycles. The first-order valence-corrected chi connectivity index (χ1v) is 14.5. The van der Waals surface area contributed by atoms with Crippen LogP contribution in [-0.4, -0.2) is 72.4 Å². The first kappa shape index (κ1) is 29.1. The van der Waals surface area contributed by atoms with E-state index >= 15 is 0 Å². The van der Waals surface area contributed by atoms with E-state index in [9.17, 15) is 31.2 Å². The van der Waals surface area contributed by atoms with Gasteiger partial charge in [0.15, 0.2) is 12.4 Å². The summed E-state index contributed by atoms with van der Waals surface area (Å²) in [6.07, 6.45) is -0.589. The number of carbonyl (C=O) groups is 2. The third-order valence-corrected chi connectivity index (χ3v) is 7.07. The van der Waals surface area contributed by atoms with Gasteiger partial charge in [0.2, 0.25) is 0 Å². The van der Waals surface area contributed by atoms with Gasteiger partial charge in [-0.15, -0.1) is 0 Å². The molecule has 2 amide bonds. The summed E-state index contributed by atoms with van der Waals surface area (Å²) in [6.45, 7) is 0.315. The molecule has 2 aromatic heterocycles. The number of halogens is 3. The molecule has 3 aromatic rings. The van der Waals surface area contributed by atoms with Crippen LogP contribution in [0, 0.1) is 6.92 Å². The highest BCUT2D eigenvalue weighted by Crippen LogP contribution is 2.25. The average molecular weight is 580 g/mol. The number of aryl methyl sites for hydroxylation is 2.